The molecule has 2 rings (SSSR count). The molecule has 1 aromatic rings. The van der Waals surface area contributed by atoms with Crippen molar-refractivity contribution in [1.82, 2.24) is 15.3 Å². The molecule has 2 heterocycles. The highest BCUT2D eigenvalue weighted by atomic mass is 35.5. The van der Waals surface area contributed by atoms with E-state index in [1.165, 1.54) is 19.0 Å². The third-order valence-corrected chi connectivity index (χ3v) is 4.18. The fourth-order valence-electron chi connectivity index (χ4n) is 1.78. The van der Waals surface area contributed by atoms with Crippen LogP contribution in [-0.2, 0) is 10.8 Å². The van der Waals surface area contributed by atoms with Gasteiger partial charge in [0, 0.05) is 18.0 Å². The van der Waals surface area contributed by atoms with Crippen LogP contribution in [0, 0.1) is 0 Å². The Hall–Kier alpha value is -0.230. The van der Waals surface area contributed by atoms with Crippen LogP contribution in [0.3, 0.4) is 0 Å². The van der Waals surface area contributed by atoms with Crippen LogP contribution >= 0.6 is 24.0 Å². The van der Waals surface area contributed by atoms with Gasteiger partial charge in [-0.3, -0.25) is 4.21 Å². The van der Waals surface area contributed by atoms with E-state index in [1.807, 2.05) is 0 Å². The van der Waals surface area contributed by atoms with Crippen molar-refractivity contribution in [2.24, 2.45) is 0 Å². The van der Waals surface area contributed by atoms with E-state index in [0.717, 1.165) is 13.0 Å². The fourth-order valence-corrected chi connectivity index (χ4v) is 3.20. The molecule has 0 amide bonds. The maximum atomic E-state index is 12.0. The molecule has 0 radical (unpaired) electrons. The van der Waals surface area contributed by atoms with Crippen molar-refractivity contribution < 1.29 is 4.21 Å². The number of halogens is 2. The minimum atomic E-state index is -1.09. The highest BCUT2D eigenvalue weighted by Crippen LogP contribution is 2.12. The van der Waals surface area contributed by atoms with E-state index in [0.29, 0.717) is 16.8 Å². The molecule has 0 aliphatic carbocycles. The standard InChI is InChI=1S/C10H14ClN3OS.ClH/c11-10-13-6-4-9(14-10)16(15)7-8-3-1-2-5-12-8;/h4,6,8,12H,1-3,5,7H2;1H. The van der Waals surface area contributed by atoms with Gasteiger partial charge in [0.05, 0.1) is 10.8 Å². The van der Waals surface area contributed by atoms with Crippen molar-refractivity contribution in [3.05, 3.63) is 17.5 Å². The molecular weight excluding hydrogens is 281 g/mol. The third-order valence-electron chi connectivity index (χ3n) is 2.60. The number of hydrogen-bond donors (Lipinski definition) is 1. The lowest BCUT2D eigenvalue weighted by molar-refractivity contribution is 0.427. The number of piperidine rings is 1. The summed E-state index contributed by atoms with van der Waals surface area (Å²) in [5, 5.41) is 4.04. The summed E-state index contributed by atoms with van der Waals surface area (Å²) in [6.45, 7) is 1.02. The summed E-state index contributed by atoms with van der Waals surface area (Å²) >= 11 is 5.66. The lowest BCUT2D eigenvalue weighted by Gasteiger charge is -2.22. The van der Waals surface area contributed by atoms with Crippen LogP contribution < -0.4 is 5.32 Å². The van der Waals surface area contributed by atoms with Gasteiger partial charge >= 0.3 is 0 Å². The van der Waals surface area contributed by atoms with Gasteiger partial charge in [-0.1, -0.05) is 6.42 Å². The molecule has 1 N–H and O–H groups in total. The van der Waals surface area contributed by atoms with Crippen molar-refractivity contribution in [3.8, 4) is 0 Å². The molecule has 2 atom stereocenters. The molecular formula is C10H15Cl2N3OS. The largest absolute Gasteiger partial charge is 0.313 e. The monoisotopic (exact) mass is 295 g/mol. The van der Waals surface area contributed by atoms with Gasteiger partial charge in [-0.15, -0.1) is 12.4 Å². The predicted molar refractivity (Wildman–Crippen MR) is 71.2 cm³/mol. The quantitative estimate of drug-likeness (QED) is 0.682. The number of nitrogens with zero attached hydrogens (tertiary/aromatic N) is 2. The van der Waals surface area contributed by atoms with Gasteiger partial charge in [0.2, 0.25) is 5.28 Å². The van der Waals surface area contributed by atoms with Crippen LogP contribution in [0.25, 0.3) is 0 Å². The smallest absolute Gasteiger partial charge is 0.223 e. The maximum Gasteiger partial charge on any atom is 0.223 e. The molecule has 0 bridgehead atoms. The zero-order chi connectivity index (χ0) is 11.4. The van der Waals surface area contributed by atoms with E-state index in [4.69, 9.17) is 11.6 Å². The maximum absolute atomic E-state index is 12.0. The SMILES string of the molecule is Cl.O=S(CC1CCCCN1)c1ccnc(Cl)n1. The summed E-state index contributed by atoms with van der Waals surface area (Å²) in [7, 11) is -1.09. The van der Waals surface area contributed by atoms with E-state index in [2.05, 4.69) is 15.3 Å². The molecule has 0 saturated carbocycles. The molecule has 2 unspecified atom stereocenters. The van der Waals surface area contributed by atoms with Crippen molar-refractivity contribution in [2.75, 3.05) is 12.3 Å². The molecule has 1 fully saturated rings. The molecule has 1 saturated heterocycles. The van der Waals surface area contributed by atoms with Crippen LogP contribution in [0.2, 0.25) is 5.28 Å². The Labute approximate surface area is 114 Å². The fraction of sp³-hybridized carbons (Fsp3) is 0.600. The summed E-state index contributed by atoms with van der Waals surface area (Å²) in [6.07, 6.45) is 5.04. The normalized spacial score (nSPS) is 21.6. The molecule has 0 aromatic carbocycles. The Morgan fingerprint density at radius 3 is 3.00 bits per heavy atom. The second-order valence-electron chi connectivity index (χ2n) is 3.82. The summed E-state index contributed by atoms with van der Waals surface area (Å²) in [6, 6.07) is 1.99. The van der Waals surface area contributed by atoms with Crippen LogP contribution in [0.1, 0.15) is 19.3 Å². The van der Waals surface area contributed by atoms with Gasteiger partial charge in [-0.2, -0.15) is 0 Å². The highest BCUT2D eigenvalue weighted by molar-refractivity contribution is 7.85. The van der Waals surface area contributed by atoms with Crippen molar-refractivity contribution in [1.29, 1.82) is 0 Å². The lowest BCUT2D eigenvalue weighted by atomic mass is 10.1. The molecule has 0 spiro atoms. The second-order valence-corrected chi connectivity index (χ2v) is 5.60. The Kier molecular flexibility index (Phi) is 6.33. The van der Waals surface area contributed by atoms with Crippen molar-refractivity contribution in [2.45, 2.75) is 30.3 Å². The molecule has 1 aliphatic rings. The summed E-state index contributed by atoms with van der Waals surface area (Å²) < 4.78 is 12.0. The number of aromatic nitrogens is 2. The minimum absolute atomic E-state index is 0. The molecule has 7 heteroatoms. The second kappa shape index (κ2) is 7.26. The zero-order valence-electron chi connectivity index (χ0n) is 9.26. The van der Waals surface area contributed by atoms with Crippen LogP contribution in [0.5, 0.6) is 0 Å². The number of nitrogens with one attached hydrogen (secondary N) is 1. The van der Waals surface area contributed by atoms with Crippen molar-refractivity contribution >= 4 is 34.8 Å². The predicted octanol–water partition coefficient (Wildman–Crippen LogP) is 1.80. The Morgan fingerprint density at radius 2 is 2.35 bits per heavy atom. The first-order chi connectivity index (χ1) is 7.75. The van der Waals surface area contributed by atoms with E-state index >= 15 is 0 Å². The van der Waals surface area contributed by atoms with Crippen LogP contribution in [0.4, 0.5) is 0 Å². The van der Waals surface area contributed by atoms with Gasteiger partial charge in [0.1, 0.15) is 5.03 Å². The summed E-state index contributed by atoms with van der Waals surface area (Å²) in [5.41, 5.74) is 0. The Bertz CT molecular complexity index is 386. The first kappa shape index (κ1) is 14.8. The zero-order valence-corrected chi connectivity index (χ0v) is 11.7. The van der Waals surface area contributed by atoms with Gasteiger partial charge in [0.15, 0.2) is 0 Å². The number of hydrogen-bond acceptors (Lipinski definition) is 4. The van der Waals surface area contributed by atoms with E-state index in [1.54, 1.807) is 6.07 Å². The van der Waals surface area contributed by atoms with E-state index < -0.39 is 10.8 Å². The Balaban J connectivity index is 0.00000144. The van der Waals surface area contributed by atoms with Gasteiger partial charge in [-0.25, -0.2) is 9.97 Å². The Morgan fingerprint density at radius 1 is 1.53 bits per heavy atom. The molecule has 17 heavy (non-hydrogen) atoms. The molecule has 1 aliphatic heterocycles. The molecule has 4 nitrogen and oxygen atoms in total. The third kappa shape index (κ3) is 4.50. The lowest BCUT2D eigenvalue weighted by Crippen LogP contribution is -2.38. The van der Waals surface area contributed by atoms with Crippen LogP contribution in [0.15, 0.2) is 17.3 Å². The average Bonchev–Trinajstić information content (AvgIpc) is 2.30. The van der Waals surface area contributed by atoms with E-state index in [9.17, 15) is 4.21 Å². The topological polar surface area (TPSA) is 54.9 Å². The van der Waals surface area contributed by atoms with Crippen molar-refractivity contribution in [3.63, 3.8) is 0 Å². The van der Waals surface area contributed by atoms with Gasteiger partial charge in [-0.05, 0) is 37.1 Å². The minimum Gasteiger partial charge on any atom is -0.313 e. The number of rotatable bonds is 3. The first-order valence-corrected chi connectivity index (χ1v) is 7.06. The van der Waals surface area contributed by atoms with Crippen LogP contribution in [-0.4, -0.2) is 32.5 Å². The average molecular weight is 296 g/mol. The van der Waals surface area contributed by atoms with Gasteiger partial charge in [0.25, 0.3) is 0 Å². The van der Waals surface area contributed by atoms with E-state index in [-0.39, 0.29) is 17.7 Å². The highest BCUT2D eigenvalue weighted by Gasteiger charge is 2.17. The molecule has 1 aromatic heterocycles. The van der Waals surface area contributed by atoms with Gasteiger partial charge < -0.3 is 5.32 Å². The first-order valence-electron chi connectivity index (χ1n) is 5.36. The summed E-state index contributed by atoms with van der Waals surface area (Å²) in [5.74, 6) is 0.605. The molecule has 96 valence electrons. The summed E-state index contributed by atoms with van der Waals surface area (Å²) in [4.78, 5) is 7.74.